The maximum absolute atomic E-state index is 6.20. The van der Waals surface area contributed by atoms with E-state index in [0.717, 1.165) is 12.0 Å². The first-order valence-electron chi connectivity index (χ1n) is 5.83. The van der Waals surface area contributed by atoms with Crippen molar-refractivity contribution in [1.82, 2.24) is 0 Å². The molecule has 0 heterocycles. The van der Waals surface area contributed by atoms with Gasteiger partial charge in [0.05, 0.1) is 11.6 Å². The van der Waals surface area contributed by atoms with E-state index < -0.39 is 0 Å². The summed E-state index contributed by atoms with van der Waals surface area (Å²) in [7, 11) is 0. The second-order valence-corrected chi connectivity index (χ2v) is 5.29. The molecule has 1 unspecified atom stereocenters. The second kappa shape index (κ2) is 6.48. The number of hydrogen-bond acceptors (Lipinski definition) is 2. The van der Waals surface area contributed by atoms with E-state index in [1.165, 1.54) is 0 Å². The van der Waals surface area contributed by atoms with Crippen LogP contribution in [0, 0.1) is 5.92 Å². The molecule has 0 saturated carbocycles. The lowest BCUT2D eigenvalue weighted by Crippen LogP contribution is -2.13. The van der Waals surface area contributed by atoms with E-state index in [-0.39, 0.29) is 6.04 Å². The third-order valence-corrected chi connectivity index (χ3v) is 3.10. The zero-order chi connectivity index (χ0) is 13.0. The standard InChI is InChI=1S/C13H19Cl2NO/c1-4-17-13-7-10(14)9(6-11(13)15)12(16)5-8(2)3/h6-8,12H,4-5,16H2,1-3H3. The van der Waals surface area contributed by atoms with Gasteiger partial charge in [0, 0.05) is 17.1 Å². The monoisotopic (exact) mass is 275 g/mol. The number of nitrogens with two attached hydrogens (primary N) is 1. The molecular weight excluding hydrogens is 257 g/mol. The molecule has 0 aliphatic rings. The molecule has 0 saturated heterocycles. The summed E-state index contributed by atoms with van der Waals surface area (Å²) >= 11 is 12.3. The van der Waals surface area contributed by atoms with Crippen molar-refractivity contribution < 1.29 is 4.74 Å². The lowest BCUT2D eigenvalue weighted by Gasteiger charge is -2.17. The van der Waals surface area contributed by atoms with Gasteiger partial charge in [0.1, 0.15) is 5.75 Å². The van der Waals surface area contributed by atoms with Crippen LogP contribution in [0.4, 0.5) is 0 Å². The van der Waals surface area contributed by atoms with Gasteiger partial charge in [0.2, 0.25) is 0 Å². The highest BCUT2D eigenvalue weighted by molar-refractivity contribution is 6.34. The zero-order valence-electron chi connectivity index (χ0n) is 10.5. The molecule has 0 aliphatic heterocycles. The van der Waals surface area contributed by atoms with E-state index in [2.05, 4.69) is 13.8 Å². The fourth-order valence-corrected chi connectivity index (χ4v) is 2.25. The van der Waals surface area contributed by atoms with Gasteiger partial charge in [-0.05, 0) is 30.9 Å². The van der Waals surface area contributed by atoms with E-state index in [0.29, 0.717) is 28.3 Å². The molecule has 0 radical (unpaired) electrons. The average molecular weight is 276 g/mol. The zero-order valence-corrected chi connectivity index (χ0v) is 12.0. The largest absolute Gasteiger partial charge is 0.492 e. The summed E-state index contributed by atoms with van der Waals surface area (Å²) in [5.74, 6) is 1.13. The molecule has 1 atom stereocenters. The van der Waals surface area contributed by atoms with Crippen LogP contribution in [0.25, 0.3) is 0 Å². The van der Waals surface area contributed by atoms with Gasteiger partial charge in [-0.15, -0.1) is 0 Å². The fourth-order valence-electron chi connectivity index (χ4n) is 1.73. The quantitative estimate of drug-likeness (QED) is 0.863. The van der Waals surface area contributed by atoms with Crippen LogP contribution < -0.4 is 10.5 Å². The molecule has 96 valence electrons. The normalized spacial score (nSPS) is 12.9. The van der Waals surface area contributed by atoms with Crippen molar-refractivity contribution in [3.63, 3.8) is 0 Å². The Morgan fingerprint density at radius 1 is 1.24 bits per heavy atom. The number of benzene rings is 1. The highest BCUT2D eigenvalue weighted by Crippen LogP contribution is 2.35. The predicted octanol–water partition coefficient (Wildman–Crippen LogP) is 4.44. The van der Waals surface area contributed by atoms with Crippen LogP contribution in [0.5, 0.6) is 5.75 Å². The summed E-state index contributed by atoms with van der Waals surface area (Å²) in [4.78, 5) is 0. The predicted molar refractivity (Wildman–Crippen MR) is 74.0 cm³/mol. The SMILES string of the molecule is CCOc1cc(Cl)c(C(N)CC(C)C)cc1Cl. The smallest absolute Gasteiger partial charge is 0.139 e. The second-order valence-electron chi connectivity index (χ2n) is 4.47. The first-order valence-corrected chi connectivity index (χ1v) is 6.58. The Morgan fingerprint density at radius 2 is 1.88 bits per heavy atom. The molecule has 0 bridgehead atoms. The molecule has 4 heteroatoms. The molecular formula is C13H19Cl2NO. The van der Waals surface area contributed by atoms with Gasteiger partial charge in [-0.3, -0.25) is 0 Å². The third kappa shape index (κ3) is 4.06. The molecule has 0 fully saturated rings. The molecule has 0 amide bonds. The summed E-state index contributed by atoms with van der Waals surface area (Å²) in [6.45, 7) is 6.73. The molecule has 1 aromatic carbocycles. The number of rotatable bonds is 5. The van der Waals surface area contributed by atoms with Gasteiger partial charge in [0.25, 0.3) is 0 Å². The summed E-state index contributed by atoms with van der Waals surface area (Å²) in [5.41, 5.74) is 6.99. The molecule has 0 aromatic heterocycles. The van der Waals surface area contributed by atoms with Crippen molar-refractivity contribution >= 4 is 23.2 Å². The molecule has 0 spiro atoms. The van der Waals surface area contributed by atoms with Crippen molar-refractivity contribution in [2.75, 3.05) is 6.61 Å². The number of halogens is 2. The van der Waals surface area contributed by atoms with Gasteiger partial charge < -0.3 is 10.5 Å². The maximum atomic E-state index is 6.20. The molecule has 17 heavy (non-hydrogen) atoms. The maximum Gasteiger partial charge on any atom is 0.139 e. The summed E-state index contributed by atoms with van der Waals surface area (Å²) < 4.78 is 5.38. The van der Waals surface area contributed by atoms with Crippen LogP contribution in [-0.2, 0) is 0 Å². The van der Waals surface area contributed by atoms with Crippen molar-refractivity contribution in [1.29, 1.82) is 0 Å². The van der Waals surface area contributed by atoms with Gasteiger partial charge in [-0.1, -0.05) is 37.0 Å². The van der Waals surface area contributed by atoms with Crippen LogP contribution in [0.15, 0.2) is 12.1 Å². The minimum atomic E-state index is -0.0873. The first-order chi connectivity index (χ1) is 7.95. The van der Waals surface area contributed by atoms with Gasteiger partial charge >= 0.3 is 0 Å². The Morgan fingerprint density at radius 3 is 2.41 bits per heavy atom. The van der Waals surface area contributed by atoms with E-state index in [4.69, 9.17) is 33.7 Å². The third-order valence-electron chi connectivity index (χ3n) is 2.48. The van der Waals surface area contributed by atoms with Crippen molar-refractivity contribution in [2.24, 2.45) is 11.7 Å². The Kier molecular flexibility index (Phi) is 5.57. The fraction of sp³-hybridized carbons (Fsp3) is 0.538. The van der Waals surface area contributed by atoms with E-state index in [9.17, 15) is 0 Å². The molecule has 0 aliphatic carbocycles. The van der Waals surface area contributed by atoms with Gasteiger partial charge in [0.15, 0.2) is 0 Å². The van der Waals surface area contributed by atoms with E-state index in [1.807, 2.05) is 13.0 Å². The van der Waals surface area contributed by atoms with Gasteiger partial charge in [-0.2, -0.15) is 0 Å². The van der Waals surface area contributed by atoms with Crippen molar-refractivity contribution in [3.05, 3.63) is 27.7 Å². The summed E-state index contributed by atoms with van der Waals surface area (Å²) in [5, 5.41) is 1.18. The topological polar surface area (TPSA) is 35.2 Å². The molecule has 2 N–H and O–H groups in total. The first kappa shape index (κ1) is 14.6. The number of ether oxygens (including phenoxy) is 1. The van der Waals surface area contributed by atoms with Crippen LogP contribution in [0.2, 0.25) is 10.0 Å². The van der Waals surface area contributed by atoms with E-state index in [1.54, 1.807) is 6.07 Å². The Labute approximate surface area is 113 Å². The minimum Gasteiger partial charge on any atom is -0.492 e. The minimum absolute atomic E-state index is 0.0873. The molecule has 1 aromatic rings. The van der Waals surface area contributed by atoms with Crippen LogP contribution in [0.3, 0.4) is 0 Å². The molecule has 2 nitrogen and oxygen atoms in total. The van der Waals surface area contributed by atoms with Gasteiger partial charge in [-0.25, -0.2) is 0 Å². The van der Waals surface area contributed by atoms with Crippen LogP contribution >= 0.6 is 23.2 Å². The van der Waals surface area contributed by atoms with Crippen LogP contribution in [0.1, 0.15) is 38.8 Å². The Balaban J connectivity index is 2.98. The van der Waals surface area contributed by atoms with Crippen molar-refractivity contribution in [2.45, 2.75) is 33.2 Å². The van der Waals surface area contributed by atoms with Crippen LogP contribution in [-0.4, -0.2) is 6.61 Å². The van der Waals surface area contributed by atoms with Crippen molar-refractivity contribution in [3.8, 4) is 5.75 Å². The van der Waals surface area contributed by atoms with E-state index >= 15 is 0 Å². The highest BCUT2D eigenvalue weighted by Gasteiger charge is 2.15. The summed E-state index contributed by atoms with van der Waals surface area (Å²) in [6, 6.07) is 3.46. The average Bonchev–Trinajstić information content (AvgIpc) is 2.22. The Hall–Kier alpha value is -0.440. The molecule has 1 rings (SSSR count). The highest BCUT2D eigenvalue weighted by atomic mass is 35.5. The lowest BCUT2D eigenvalue weighted by atomic mass is 9.98. The lowest BCUT2D eigenvalue weighted by molar-refractivity contribution is 0.340. The Bertz CT molecular complexity index is 380. The number of hydrogen-bond donors (Lipinski definition) is 1. The summed E-state index contributed by atoms with van der Waals surface area (Å²) in [6.07, 6.45) is 0.879.